The van der Waals surface area contributed by atoms with E-state index in [0.29, 0.717) is 9.80 Å². The second-order valence-electron chi connectivity index (χ2n) is 8.91. The highest BCUT2D eigenvalue weighted by atomic mass is 19.4. The lowest BCUT2D eigenvalue weighted by Crippen LogP contribution is -2.43. The van der Waals surface area contributed by atoms with Crippen LogP contribution in [0.3, 0.4) is 0 Å². The fraction of sp³-hybridized carbons (Fsp3) is 0.375. The number of ether oxygens (including phenoxy) is 1. The van der Waals surface area contributed by atoms with E-state index in [4.69, 9.17) is 4.74 Å². The number of aliphatic hydroxyl groups excluding tert-OH is 1. The first-order valence-electron chi connectivity index (χ1n) is 11.4. The van der Waals surface area contributed by atoms with E-state index in [1.807, 2.05) is 0 Å². The minimum absolute atomic E-state index is 0.00912. The summed E-state index contributed by atoms with van der Waals surface area (Å²) >= 11 is 0. The molecule has 0 spiro atoms. The van der Waals surface area contributed by atoms with Crippen molar-refractivity contribution in [1.29, 1.82) is 0 Å². The third-order valence-electron chi connectivity index (χ3n) is 6.46. The second-order valence-corrected chi connectivity index (χ2v) is 8.91. The van der Waals surface area contributed by atoms with Crippen LogP contribution in [0.5, 0.6) is 5.75 Å². The largest absolute Gasteiger partial charge is 0.420 e. The molecule has 2 aromatic rings. The third kappa shape index (κ3) is 5.48. The van der Waals surface area contributed by atoms with E-state index in [9.17, 15) is 50.2 Å². The second kappa shape index (κ2) is 10.0. The summed E-state index contributed by atoms with van der Waals surface area (Å²) in [6, 6.07) is 1.96. The molecule has 4 rings (SSSR count). The van der Waals surface area contributed by atoms with Crippen molar-refractivity contribution >= 4 is 29.3 Å². The average Bonchev–Trinajstić information content (AvgIpc) is 3.38. The third-order valence-corrected chi connectivity index (χ3v) is 6.46. The van der Waals surface area contributed by atoms with Gasteiger partial charge < -0.3 is 14.7 Å². The van der Waals surface area contributed by atoms with Gasteiger partial charge in [0.15, 0.2) is 11.5 Å². The Kier molecular flexibility index (Phi) is 7.23. The molecule has 0 bridgehead atoms. The Hall–Kier alpha value is -3.88. The highest BCUT2D eigenvalue weighted by molar-refractivity contribution is 6.01. The van der Waals surface area contributed by atoms with E-state index >= 15 is 0 Å². The molecular weight excluding hydrogens is 543 g/mol. The first-order valence-corrected chi connectivity index (χ1v) is 11.4. The number of carbonyl (C=O) groups excluding carboxylic acids is 3. The molecule has 0 radical (unpaired) electrons. The van der Waals surface area contributed by atoms with Crippen LogP contribution in [0.2, 0.25) is 0 Å². The molecule has 1 aliphatic heterocycles. The van der Waals surface area contributed by atoms with Crippen molar-refractivity contribution < 1.29 is 55.0 Å². The summed E-state index contributed by atoms with van der Waals surface area (Å²) in [5.74, 6) is -2.73. The fourth-order valence-corrected chi connectivity index (χ4v) is 4.42. The number of halogens is 7. The summed E-state index contributed by atoms with van der Waals surface area (Å²) < 4.78 is 101. The molecule has 1 saturated carbocycles. The maximum Gasteiger partial charge on any atom is 0.420 e. The number of aliphatic hydroxyl groups is 1. The Morgan fingerprint density at radius 1 is 1.00 bits per heavy atom. The molecule has 1 heterocycles. The molecule has 2 fully saturated rings. The van der Waals surface area contributed by atoms with Crippen molar-refractivity contribution in [2.75, 3.05) is 29.9 Å². The lowest BCUT2D eigenvalue weighted by molar-refractivity contribution is -0.143. The van der Waals surface area contributed by atoms with Crippen LogP contribution in [0.25, 0.3) is 0 Å². The molecule has 2 aromatic carbocycles. The smallest absolute Gasteiger partial charge is 0.407 e. The molecule has 1 N–H and O–H groups in total. The lowest BCUT2D eigenvalue weighted by Gasteiger charge is -2.27. The highest BCUT2D eigenvalue weighted by Gasteiger charge is 2.47. The van der Waals surface area contributed by atoms with Crippen LogP contribution in [0.15, 0.2) is 36.4 Å². The zero-order valence-corrected chi connectivity index (χ0v) is 20.0. The van der Waals surface area contributed by atoms with Gasteiger partial charge in [0.25, 0.3) is 0 Å². The van der Waals surface area contributed by atoms with Crippen LogP contribution >= 0.6 is 0 Å². The van der Waals surface area contributed by atoms with Crippen molar-refractivity contribution in [3.8, 4) is 5.75 Å². The zero-order valence-electron chi connectivity index (χ0n) is 20.0. The van der Waals surface area contributed by atoms with Gasteiger partial charge in [-0.2, -0.15) is 26.3 Å². The summed E-state index contributed by atoms with van der Waals surface area (Å²) in [7, 11) is 1.08. The molecular formula is C24H20F7N3O5. The predicted molar refractivity (Wildman–Crippen MR) is 121 cm³/mol. The number of nitrogens with zero attached hydrogens (tertiary/aromatic N) is 3. The SMILES string of the molecule is CN(C(=O)Oc1c(N2CCN(C3CCC(O)C3=O)C2=O)cc(C(F)(F)F)cc1C(F)(F)F)c1ccc(F)cc1. The van der Waals surface area contributed by atoms with E-state index in [-0.39, 0.29) is 37.2 Å². The number of benzene rings is 2. The van der Waals surface area contributed by atoms with Gasteiger partial charge in [0.2, 0.25) is 0 Å². The number of Topliss-reactive ketones (excluding diaryl/α,β-unsaturated/α-hetero) is 1. The number of ketones is 1. The van der Waals surface area contributed by atoms with Crippen molar-refractivity contribution in [2.24, 2.45) is 0 Å². The Morgan fingerprint density at radius 3 is 2.18 bits per heavy atom. The number of urea groups is 1. The molecule has 2 unspecified atom stereocenters. The molecule has 8 nitrogen and oxygen atoms in total. The Bertz CT molecular complexity index is 1300. The average molecular weight is 563 g/mol. The summed E-state index contributed by atoms with van der Waals surface area (Å²) in [6.45, 7) is -0.682. The molecule has 2 atom stereocenters. The Balaban J connectivity index is 1.79. The number of carbonyl (C=O) groups is 3. The number of anilines is 2. The van der Waals surface area contributed by atoms with Crippen LogP contribution in [-0.4, -0.2) is 60.2 Å². The minimum atomic E-state index is -5.45. The highest BCUT2D eigenvalue weighted by Crippen LogP contribution is 2.47. The number of amides is 3. The van der Waals surface area contributed by atoms with Gasteiger partial charge in [0, 0.05) is 25.8 Å². The molecule has 210 valence electrons. The number of hydrogen-bond acceptors (Lipinski definition) is 5. The van der Waals surface area contributed by atoms with E-state index < -0.39 is 77.3 Å². The van der Waals surface area contributed by atoms with Gasteiger partial charge in [0.05, 0.1) is 17.3 Å². The molecule has 15 heteroatoms. The quantitative estimate of drug-likeness (QED) is 0.539. The van der Waals surface area contributed by atoms with Gasteiger partial charge >= 0.3 is 24.5 Å². The summed E-state index contributed by atoms with van der Waals surface area (Å²) in [6.07, 6.45) is -13.4. The van der Waals surface area contributed by atoms with Crippen molar-refractivity contribution in [2.45, 2.75) is 37.3 Å². The van der Waals surface area contributed by atoms with Crippen LogP contribution in [-0.2, 0) is 17.1 Å². The van der Waals surface area contributed by atoms with Crippen LogP contribution in [0, 0.1) is 5.82 Å². The van der Waals surface area contributed by atoms with E-state index in [1.165, 1.54) is 0 Å². The fourth-order valence-electron chi connectivity index (χ4n) is 4.42. The molecule has 3 amide bonds. The van der Waals surface area contributed by atoms with Crippen molar-refractivity contribution in [3.05, 3.63) is 53.3 Å². The molecule has 39 heavy (non-hydrogen) atoms. The summed E-state index contributed by atoms with van der Waals surface area (Å²) in [5.41, 5.74) is -4.72. The molecule has 2 aliphatic rings. The summed E-state index contributed by atoms with van der Waals surface area (Å²) in [5, 5.41) is 9.72. The van der Waals surface area contributed by atoms with Gasteiger partial charge in [-0.3, -0.25) is 14.6 Å². The Labute approximate surface area is 216 Å². The van der Waals surface area contributed by atoms with Gasteiger partial charge in [-0.25, -0.2) is 14.0 Å². The lowest BCUT2D eigenvalue weighted by atomic mass is 10.1. The number of alkyl halides is 6. The van der Waals surface area contributed by atoms with Crippen LogP contribution in [0.1, 0.15) is 24.0 Å². The topological polar surface area (TPSA) is 90.4 Å². The molecule has 0 aromatic heterocycles. The van der Waals surface area contributed by atoms with Gasteiger partial charge in [-0.1, -0.05) is 0 Å². The van der Waals surface area contributed by atoms with Crippen LogP contribution < -0.4 is 14.5 Å². The molecule has 1 saturated heterocycles. The first kappa shape index (κ1) is 28.1. The van der Waals surface area contributed by atoms with Gasteiger partial charge in [-0.05, 0) is 49.2 Å². The van der Waals surface area contributed by atoms with Crippen molar-refractivity contribution in [1.82, 2.24) is 4.90 Å². The van der Waals surface area contributed by atoms with Gasteiger partial charge in [0.1, 0.15) is 17.5 Å². The van der Waals surface area contributed by atoms with E-state index in [1.54, 1.807) is 0 Å². The van der Waals surface area contributed by atoms with Crippen LogP contribution in [0.4, 0.5) is 51.7 Å². The van der Waals surface area contributed by atoms with Gasteiger partial charge in [-0.15, -0.1) is 0 Å². The normalized spacial score (nSPS) is 20.1. The monoisotopic (exact) mass is 563 g/mol. The Morgan fingerprint density at radius 2 is 1.64 bits per heavy atom. The summed E-state index contributed by atoms with van der Waals surface area (Å²) in [4.78, 5) is 40.4. The van der Waals surface area contributed by atoms with E-state index in [2.05, 4.69) is 0 Å². The maximum absolute atomic E-state index is 14.0. The standard InChI is InChI=1S/C24H20F7N3O5/c1-32(14-4-2-13(25)3-5-14)22(38)39-20-15(24(29,30)31)10-12(23(26,27)28)11-17(20)34-9-8-33(21(34)37)16-6-7-18(35)19(16)36/h2-5,10-11,16,18,35H,6-9H2,1H3. The maximum atomic E-state index is 14.0. The number of hydrogen-bond donors (Lipinski definition) is 1. The van der Waals surface area contributed by atoms with Crippen molar-refractivity contribution in [3.63, 3.8) is 0 Å². The van der Waals surface area contributed by atoms with E-state index in [0.717, 1.165) is 36.2 Å². The zero-order chi connectivity index (χ0) is 28.9. The first-order chi connectivity index (χ1) is 18.1. The predicted octanol–water partition coefficient (Wildman–Crippen LogP) is 4.83. The minimum Gasteiger partial charge on any atom is -0.407 e. The number of rotatable bonds is 4. The molecule has 1 aliphatic carbocycles.